The van der Waals surface area contributed by atoms with Gasteiger partial charge in [0.1, 0.15) is 41.5 Å². The lowest BCUT2D eigenvalue weighted by molar-refractivity contribution is -0.144. The number of thiophene rings is 1. The second-order valence-corrected chi connectivity index (χ2v) is 14.5. The Morgan fingerprint density at radius 3 is 2.69 bits per heavy atom. The molecule has 2 aromatic carbocycles. The number of anilines is 1. The molecule has 5 heterocycles. The molecule has 0 spiro atoms. The maximum absolute atomic E-state index is 17.0. The lowest BCUT2D eigenvalue weighted by atomic mass is 9.93. The molecule has 3 fully saturated rings. The van der Waals surface area contributed by atoms with E-state index >= 15 is 4.39 Å². The number of fused-ring (bicyclic) bond motifs is 1. The highest BCUT2D eigenvalue weighted by atomic mass is 35.5. The van der Waals surface area contributed by atoms with Crippen LogP contribution in [-0.4, -0.2) is 83.1 Å². The summed E-state index contributed by atoms with van der Waals surface area (Å²) in [5.41, 5.74) is 5.75. The summed E-state index contributed by atoms with van der Waals surface area (Å²) in [5, 5.41) is 0.0505. The van der Waals surface area contributed by atoms with E-state index in [0.29, 0.717) is 0 Å². The van der Waals surface area contributed by atoms with Crippen molar-refractivity contribution in [2.24, 2.45) is 11.8 Å². The summed E-state index contributed by atoms with van der Waals surface area (Å²) in [5.74, 6) is -6.74. The standard InChI is InChI=1S/C33H29ClF4N6O4S/c1-13(18-5-4-8-43(18)3)47-32-41-25-22-27(23(34)20(24(25)36)15-6-7-17(35)28-21(15)26(40-2)29(39)49-28)46-12-19(48-30(22)42-32)14-10-44(11-14)31(45)16-9-33(16,37)38/h6-7,13-14,16,18-19H,4-5,8-12,39H2,1,3H3/t13-,16?,18-,19?/m0/s1. The molecular weight excluding hydrogens is 688 g/mol. The normalized spacial score (nSPS) is 23.8. The summed E-state index contributed by atoms with van der Waals surface area (Å²) in [4.78, 5) is 28.6. The molecule has 0 bridgehead atoms. The SMILES string of the molecule is [C-]#[N+]c1c(N)sc2c(F)ccc(-c3c(Cl)c4c5c(nc(O[C@@H](C)[C@@H]6CCCN6C)nc5c3F)OC(C3CN(C(=O)C5CC5(F)F)C3)CO4)c12. The molecule has 4 aromatic rings. The van der Waals surface area contributed by atoms with E-state index in [2.05, 4.69) is 19.7 Å². The van der Waals surface area contributed by atoms with Gasteiger partial charge in [-0.05, 0) is 45.0 Å². The molecule has 1 amide bonds. The number of nitrogen functional groups attached to an aromatic ring is 1. The van der Waals surface area contributed by atoms with E-state index in [0.717, 1.165) is 36.8 Å². The van der Waals surface area contributed by atoms with Gasteiger partial charge in [-0.25, -0.2) is 22.4 Å². The molecule has 4 aliphatic rings. The van der Waals surface area contributed by atoms with E-state index in [-0.39, 0.29) is 103 Å². The van der Waals surface area contributed by atoms with E-state index in [1.165, 1.54) is 11.0 Å². The Balaban J connectivity index is 1.23. The molecule has 8 rings (SSSR count). The summed E-state index contributed by atoms with van der Waals surface area (Å²) < 4.78 is 77.9. The maximum Gasteiger partial charge on any atom is 0.320 e. The van der Waals surface area contributed by atoms with Crippen molar-refractivity contribution in [2.45, 2.75) is 50.4 Å². The molecule has 0 radical (unpaired) electrons. The first-order chi connectivity index (χ1) is 23.4. The Kier molecular flexibility index (Phi) is 7.51. The molecule has 2 saturated heterocycles. The molecule has 2 aromatic heterocycles. The second-order valence-electron chi connectivity index (χ2n) is 13.1. The maximum atomic E-state index is 17.0. The second kappa shape index (κ2) is 11.5. The Labute approximate surface area is 286 Å². The van der Waals surface area contributed by atoms with Crippen LogP contribution in [0.3, 0.4) is 0 Å². The Bertz CT molecular complexity index is 2100. The number of aromatic nitrogens is 2. The minimum atomic E-state index is -2.97. The molecule has 1 aliphatic carbocycles. The number of hydrogen-bond acceptors (Lipinski definition) is 9. The van der Waals surface area contributed by atoms with Gasteiger partial charge in [-0.3, -0.25) is 9.69 Å². The van der Waals surface area contributed by atoms with Crippen LogP contribution >= 0.6 is 22.9 Å². The number of amides is 1. The quantitative estimate of drug-likeness (QED) is 0.174. The number of nitrogens with zero attached hydrogens (tertiary/aromatic N) is 5. The number of likely N-dealkylation sites (N-methyl/N-ethyl adjacent to an activating group) is 1. The number of ether oxygens (including phenoxy) is 3. The lowest BCUT2D eigenvalue weighted by Crippen LogP contribution is -2.57. The Morgan fingerprint density at radius 2 is 2.02 bits per heavy atom. The molecular formula is C33H29ClF4N6O4S. The summed E-state index contributed by atoms with van der Waals surface area (Å²) >= 11 is 7.82. The first-order valence-electron chi connectivity index (χ1n) is 15.8. The number of likely N-dealkylation sites (tertiary alicyclic amines) is 2. The number of alkyl halides is 2. The van der Waals surface area contributed by atoms with Crippen LogP contribution in [0.15, 0.2) is 12.1 Å². The largest absolute Gasteiger partial charge is 0.487 e. The first-order valence-corrected chi connectivity index (χ1v) is 17.0. The molecule has 16 heteroatoms. The van der Waals surface area contributed by atoms with Crippen molar-refractivity contribution >= 4 is 60.5 Å². The summed E-state index contributed by atoms with van der Waals surface area (Å²) in [7, 11) is 1.99. The van der Waals surface area contributed by atoms with Crippen LogP contribution in [0.4, 0.5) is 28.3 Å². The van der Waals surface area contributed by atoms with Gasteiger partial charge in [0.15, 0.2) is 11.6 Å². The van der Waals surface area contributed by atoms with Crippen LogP contribution in [-0.2, 0) is 4.79 Å². The van der Waals surface area contributed by atoms with Crippen LogP contribution in [0, 0.1) is 30.0 Å². The average Bonchev–Trinajstić information content (AvgIpc) is 3.32. The van der Waals surface area contributed by atoms with Gasteiger partial charge in [-0.1, -0.05) is 17.7 Å². The van der Waals surface area contributed by atoms with Crippen LogP contribution in [0.25, 0.3) is 37.0 Å². The van der Waals surface area contributed by atoms with Crippen LogP contribution in [0.1, 0.15) is 26.2 Å². The van der Waals surface area contributed by atoms with E-state index in [1.54, 1.807) is 0 Å². The average molecular weight is 717 g/mol. The van der Waals surface area contributed by atoms with Crippen LogP contribution in [0.5, 0.6) is 17.6 Å². The van der Waals surface area contributed by atoms with Crippen molar-refractivity contribution in [3.8, 4) is 28.8 Å². The first kappa shape index (κ1) is 32.1. The lowest BCUT2D eigenvalue weighted by Gasteiger charge is -2.42. The predicted molar refractivity (Wildman–Crippen MR) is 175 cm³/mol. The number of rotatable bonds is 6. The van der Waals surface area contributed by atoms with Gasteiger partial charge in [0.05, 0.1) is 21.3 Å². The number of halogens is 5. The van der Waals surface area contributed by atoms with E-state index < -0.39 is 41.9 Å². The number of carbonyl (C=O) groups excluding carboxylic acids is 1. The van der Waals surface area contributed by atoms with Crippen molar-refractivity contribution in [3.63, 3.8) is 0 Å². The monoisotopic (exact) mass is 716 g/mol. The van der Waals surface area contributed by atoms with E-state index in [4.69, 9.17) is 38.1 Å². The Hall–Kier alpha value is -4.13. The molecule has 4 atom stereocenters. The molecule has 10 nitrogen and oxygen atoms in total. The molecule has 2 N–H and O–H groups in total. The van der Waals surface area contributed by atoms with E-state index in [9.17, 15) is 18.0 Å². The van der Waals surface area contributed by atoms with Crippen LogP contribution in [0.2, 0.25) is 5.02 Å². The molecule has 2 unspecified atom stereocenters. The third-order valence-electron chi connectivity index (χ3n) is 10.0. The minimum absolute atomic E-state index is 0.00982. The zero-order valence-electron chi connectivity index (χ0n) is 26.2. The van der Waals surface area contributed by atoms with Gasteiger partial charge < -0.3 is 24.8 Å². The van der Waals surface area contributed by atoms with Crippen molar-refractivity contribution in [1.29, 1.82) is 0 Å². The highest BCUT2D eigenvalue weighted by molar-refractivity contribution is 7.23. The molecule has 49 heavy (non-hydrogen) atoms. The summed E-state index contributed by atoms with van der Waals surface area (Å²) in [6.45, 7) is 10.7. The van der Waals surface area contributed by atoms with Crippen molar-refractivity contribution < 1.29 is 36.6 Å². The van der Waals surface area contributed by atoms with E-state index in [1.807, 2.05) is 14.0 Å². The molecule has 1 saturated carbocycles. The zero-order chi connectivity index (χ0) is 34.5. The van der Waals surface area contributed by atoms with Gasteiger partial charge in [-0.15, -0.1) is 11.3 Å². The fraction of sp³-hybridized carbons (Fsp3) is 0.455. The van der Waals surface area contributed by atoms with Crippen molar-refractivity contribution in [3.05, 3.63) is 40.2 Å². The van der Waals surface area contributed by atoms with Gasteiger partial charge in [-0.2, -0.15) is 9.97 Å². The van der Waals surface area contributed by atoms with Gasteiger partial charge in [0, 0.05) is 42.4 Å². The number of benzene rings is 2. The summed E-state index contributed by atoms with van der Waals surface area (Å²) in [6, 6.07) is 2.40. The third kappa shape index (κ3) is 5.09. The fourth-order valence-corrected chi connectivity index (χ4v) is 8.48. The minimum Gasteiger partial charge on any atom is -0.487 e. The van der Waals surface area contributed by atoms with Gasteiger partial charge in [0.25, 0.3) is 5.92 Å². The third-order valence-corrected chi connectivity index (χ3v) is 11.4. The molecule has 256 valence electrons. The highest BCUT2D eigenvalue weighted by Gasteiger charge is 2.63. The number of hydrogen-bond donors (Lipinski definition) is 1. The zero-order valence-corrected chi connectivity index (χ0v) is 27.8. The highest BCUT2D eigenvalue weighted by Crippen LogP contribution is 2.53. The molecule has 3 aliphatic heterocycles. The summed E-state index contributed by atoms with van der Waals surface area (Å²) in [6.07, 6.45) is 0.338. The van der Waals surface area contributed by atoms with Crippen molar-refractivity contribution in [2.75, 3.05) is 39.0 Å². The van der Waals surface area contributed by atoms with Gasteiger partial charge in [0.2, 0.25) is 17.5 Å². The van der Waals surface area contributed by atoms with Crippen molar-refractivity contribution in [1.82, 2.24) is 19.8 Å². The van der Waals surface area contributed by atoms with Gasteiger partial charge >= 0.3 is 6.01 Å². The Morgan fingerprint density at radius 1 is 1.27 bits per heavy atom. The van der Waals surface area contributed by atoms with Crippen LogP contribution < -0.4 is 19.9 Å². The smallest absolute Gasteiger partial charge is 0.320 e. The number of nitrogens with two attached hydrogens (primary N) is 1. The number of carbonyl (C=O) groups is 1. The predicted octanol–water partition coefficient (Wildman–Crippen LogP) is 6.69. The fourth-order valence-electron chi connectivity index (χ4n) is 7.20. The topological polar surface area (TPSA) is 107 Å².